The van der Waals surface area contributed by atoms with E-state index < -0.39 is 6.03 Å². The van der Waals surface area contributed by atoms with Crippen molar-refractivity contribution in [2.45, 2.75) is 13.8 Å². The molecule has 0 heterocycles. The number of aryl methyl sites for hydroxylation is 1. The molecule has 0 spiro atoms. The van der Waals surface area contributed by atoms with Crippen LogP contribution in [0.1, 0.15) is 12.5 Å². The van der Waals surface area contributed by atoms with Gasteiger partial charge in [-0.2, -0.15) is 0 Å². The first-order valence-corrected chi connectivity index (χ1v) is 4.89. The van der Waals surface area contributed by atoms with Crippen LogP contribution in [0.4, 0.5) is 10.5 Å². The van der Waals surface area contributed by atoms with Crippen LogP contribution in [0, 0.1) is 6.92 Å². The highest BCUT2D eigenvalue weighted by Gasteiger charge is 2.12. The Morgan fingerprint density at radius 1 is 1.56 bits per heavy atom. The Hall–Kier alpha value is -1.79. The van der Waals surface area contributed by atoms with Crippen LogP contribution in [0.2, 0.25) is 0 Å². The molecule has 6 heteroatoms. The van der Waals surface area contributed by atoms with Crippen LogP contribution in [0.5, 0.6) is 5.75 Å². The largest absolute Gasteiger partial charge is 0.494 e. The number of hydrazine groups is 2. The average Bonchev–Trinajstić information content (AvgIpc) is 2.28. The smallest absolute Gasteiger partial charge is 0.350 e. The van der Waals surface area contributed by atoms with Gasteiger partial charge in [-0.05, 0) is 37.6 Å². The lowest BCUT2D eigenvalue weighted by Crippen LogP contribution is -2.47. The summed E-state index contributed by atoms with van der Waals surface area (Å²) in [5.74, 6) is 11.3. The quantitative estimate of drug-likeness (QED) is 0.399. The molecule has 0 unspecified atom stereocenters. The predicted octanol–water partition coefficient (Wildman–Crippen LogP) is 0.657. The Morgan fingerprint density at radius 3 is 2.75 bits per heavy atom. The Balaban J connectivity index is 2.94. The first-order chi connectivity index (χ1) is 7.60. The molecule has 1 aromatic carbocycles. The maximum atomic E-state index is 11.2. The monoisotopic (exact) mass is 224 g/mol. The minimum absolute atomic E-state index is 0.575. The molecule has 6 nitrogen and oxygen atoms in total. The van der Waals surface area contributed by atoms with Gasteiger partial charge in [-0.3, -0.25) is 5.43 Å². The Bertz CT molecular complexity index is 381. The summed E-state index contributed by atoms with van der Waals surface area (Å²) in [6.07, 6.45) is 0. The maximum absolute atomic E-state index is 11.2. The van der Waals surface area contributed by atoms with Gasteiger partial charge in [0.25, 0.3) is 0 Å². The Morgan fingerprint density at radius 2 is 2.25 bits per heavy atom. The SMILES string of the molecule is CCOc1ccc(N(N)C(=O)NN)c(C)c1. The number of nitrogens with two attached hydrogens (primary N) is 2. The summed E-state index contributed by atoms with van der Waals surface area (Å²) in [6, 6.07) is 4.68. The van der Waals surface area contributed by atoms with E-state index in [2.05, 4.69) is 0 Å². The average molecular weight is 224 g/mol. The molecule has 0 aliphatic rings. The molecule has 0 aliphatic carbocycles. The zero-order valence-corrected chi connectivity index (χ0v) is 9.36. The molecule has 2 amide bonds. The number of hydrogen-bond donors (Lipinski definition) is 3. The molecule has 0 aromatic heterocycles. The number of benzene rings is 1. The van der Waals surface area contributed by atoms with E-state index in [9.17, 15) is 4.79 Å². The van der Waals surface area contributed by atoms with Gasteiger partial charge in [0.2, 0.25) is 0 Å². The summed E-state index contributed by atoms with van der Waals surface area (Å²) < 4.78 is 5.32. The number of nitrogens with one attached hydrogen (secondary N) is 1. The van der Waals surface area contributed by atoms with Crippen molar-refractivity contribution in [3.63, 3.8) is 0 Å². The van der Waals surface area contributed by atoms with Crippen LogP contribution < -0.4 is 26.9 Å². The summed E-state index contributed by atoms with van der Waals surface area (Å²) >= 11 is 0. The number of carbonyl (C=O) groups excluding carboxylic acids is 1. The van der Waals surface area contributed by atoms with Crippen LogP contribution in [0.25, 0.3) is 0 Å². The van der Waals surface area contributed by atoms with Gasteiger partial charge in [0.05, 0.1) is 12.3 Å². The van der Waals surface area contributed by atoms with Crippen LogP contribution in [0.15, 0.2) is 18.2 Å². The lowest BCUT2D eigenvalue weighted by Gasteiger charge is -2.18. The minimum Gasteiger partial charge on any atom is -0.494 e. The van der Waals surface area contributed by atoms with Gasteiger partial charge in [0.1, 0.15) is 5.75 Å². The molecule has 0 saturated heterocycles. The van der Waals surface area contributed by atoms with Gasteiger partial charge in [-0.25, -0.2) is 21.5 Å². The van der Waals surface area contributed by atoms with Crippen molar-refractivity contribution in [1.29, 1.82) is 0 Å². The third kappa shape index (κ3) is 2.62. The van der Waals surface area contributed by atoms with E-state index in [1.165, 1.54) is 0 Å². The molecular formula is C10H16N4O2. The van der Waals surface area contributed by atoms with Crippen molar-refractivity contribution < 1.29 is 9.53 Å². The summed E-state index contributed by atoms with van der Waals surface area (Å²) in [5, 5.41) is 0.949. The fourth-order valence-electron chi connectivity index (χ4n) is 1.33. The topological polar surface area (TPSA) is 93.6 Å². The highest BCUT2D eigenvalue weighted by Crippen LogP contribution is 2.23. The number of urea groups is 1. The summed E-state index contributed by atoms with van der Waals surface area (Å²) in [4.78, 5) is 11.2. The number of ether oxygens (including phenoxy) is 1. The maximum Gasteiger partial charge on any atom is 0.350 e. The van der Waals surface area contributed by atoms with E-state index in [0.717, 1.165) is 16.3 Å². The van der Waals surface area contributed by atoms with Gasteiger partial charge in [-0.15, -0.1) is 0 Å². The van der Waals surface area contributed by atoms with Crippen molar-refractivity contribution in [3.8, 4) is 5.75 Å². The zero-order valence-electron chi connectivity index (χ0n) is 9.36. The fraction of sp³-hybridized carbons (Fsp3) is 0.300. The second-order valence-corrected chi connectivity index (χ2v) is 3.20. The lowest BCUT2D eigenvalue weighted by atomic mass is 10.2. The first kappa shape index (κ1) is 12.3. The van der Waals surface area contributed by atoms with Gasteiger partial charge in [0, 0.05) is 0 Å². The number of rotatable bonds is 3. The predicted molar refractivity (Wildman–Crippen MR) is 61.7 cm³/mol. The highest BCUT2D eigenvalue weighted by atomic mass is 16.5. The Kier molecular flexibility index (Phi) is 4.10. The van der Waals surface area contributed by atoms with Crippen LogP contribution >= 0.6 is 0 Å². The van der Waals surface area contributed by atoms with Crippen molar-refractivity contribution in [2.24, 2.45) is 11.7 Å². The second kappa shape index (κ2) is 5.34. The molecule has 0 atom stereocenters. The summed E-state index contributed by atoms with van der Waals surface area (Å²) in [5.41, 5.74) is 3.37. The van der Waals surface area contributed by atoms with E-state index in [1.807, 2.05) is 25.3 Å². The molecule has 0 radical (unpaired) electrons. The van der Waals surface area contributed by atoms with Gasteiger partial charge in [0.15, 0.2) is 0 Å². The van der Waals surface area contributed by atoms with Gasteiger partial charge >= 0.3 is 6.03 Å². The van der Waals surface area contributed by atoms with Crippen LogP contribution in [-0.2, 0) is 0 Å². The summed E-state index contributed by atoms with van der Waals surface area (Å²) in [7, 11) is 0. The number of anilines is 1. The summed E-state index contributed by atoms with van der Waals surface area (Å²) in [6.45, 7) is 4.33. The molecular weight excluding hydrogens is 208 g/mol. The van der Waals surface area contributed by atoms with Crippen LogP contribution in [0.3, 0.4) is 0 Å². The van der Waals surface area contributed by atoms with Gasteiger partial charge in [-0.1, -0.05) is 0 Å². The zero-order chi connectivity index (χ0) is 12.1. The van der Waals surface area contributed by atoms with E-state index in [4.69, 9.17) is 16.4 Å². The minimum atomic E-state index is -0.577. The standard InChI is InChI=1S/C10H16N4O2/c1-3-16-8-4-5-9(7(2)6-8)14(12)10(15)13-11/h4-6H,3,11-12H2,1-2H3,(H,13,15). The normalized spacial score (nSPS) is 9.75. The molecule has 16 heavy (non-hydrogen) atoms. The van der Waals surface area contributed by atoms with Crippen molar-refractivity contribution in [1.82, 2.24) is 5.43 Å². The molecule has 0 saturated carbocycles. The number of nitrogens with zero attached hydrogens (tertiary/aromatic N) is 1. The lowest BCUT2D eigenvalue weighted by molar-refractivity contribution is 0.246. The van der Waals surface area contributed by atoms with Crippen molar-refractivity contribution in [2.75, 3.05) is 11.6 Å². The molecule has 0 fully saturated rings. The van der Waals surface area contributed by atoms with E-state index in [1.54, 1.807) is 12.1 Å². The van der Waals surface area contributed by atoms with E-state index in [-0.39, 0.29) is 0 Å². The molecule has 5 N–H and O–H groups in total. The fourth-order valence-corrected chi connectivity index (χ4v) is 1.33. The number of carbonyl (C=O) groups is 1. The molecule has 88 valence electrons. The van der Waals surface area contributed by atoms with Crippen LogP contribution in [-0.4, -0.2) is 12.6 Å². The molecule has 0 bridgehead atoms. The van der Waals surface area contributed by atoms with Gasteiger partial charge < -0.3 is 4.74 Å². The highest BCUT2D eigenvalue weighted by molar-refractivity contribution is 5.91. The van der Waals surface area contributed by atoms with Crippen molar-refractivity contribution >= 4 is 11.7 Å². The molecule has 1 rings (SSSR count). The number of amides is 2. The third-order valence-corrected chi connectivity index (χ3v) is 2.08. The van der Waals surface area contributed by atoms with E-state index >= 15 is 0 Å². The van der Waals surface area contributed by atoms with Crippen molar-refractivity contribution in [3.05, 3.63) is 23.8 Å². The van der Waals surface area contributed by atoms with E-state index in [0.29, 0.717) is 12.3 Å². The first-order valence-electron chi connectivity index (χ1n) is 4.89. The Labute approximate surface area is 94.1 Å². The molecule has 0 aliphatic heterocycles. The third-order valence-electron chi connectivity index (χ3n) is 2.08. The molecule has 1 aromatic rings. The second-order valence-electron chi connectivity index (χ2n) is 3.20. The number of hydrogen-bond acceptors (Lipinski definition) is 4.